The number of hydrogen-bond acceptors (Lipinski definition) is 8. The molecule has 1 aliphatic rings. The molecule has 0 radical (unpaired) electrons. The molecular weight excluding hydrogens is 578 g/mol. The molecule has 3 aromatic carbocycles. The maximum atomic E-state index is 14.0. The van der Waals surface area contributed by atoms with Crippen molar-refractivity contribution in [1.82, 2.24) is 4.57 Å². The second-order valence-corrected chi connectivity index (χ2v) is 10.9. The summed E-state index contributed by atoms with van der Waals surface area (Å²) in [6.45, 7) is 3.64. The van der Waals surface area contributed by atoms with E-state index in [0.29, 0.717) is 26.4 Å². The van der Waals surface area contributed by atoms with Crippen LogP contribution in [0.15, 0.2) is 98.3 Å². The van der Waals surface area contributed by atoms with Gasteiger partial charge in [-0.25, -0.2) is 9.79 Å². The van der Waals surface area contributed by atoms with Crippen molar-refractivity contribution < 1.29 is 18.9 Å². The van der Waals surface area contributed by atoms with Crippen LogP contribution in [0.4, 0.5) is 5.69 Å². The average molecular weight is 600 g/mol. The van der Waals surface area contributed by atoms with Gasteiger partial charge in [0.25, 0.3) is 11.2 Å². The summed E-state index contributed by atoms with van der Waals surface area (Å²) in [5.41, 5.74) is 1.24. The third kappa shape index (κ3) is 4.74. The molecule has 42 heavy (non-hydrogen) atoms. The van der Waals surface area contributed by atoms with Crippen LogP contribution in [-0.4, -0.2) is 22.1 Å². The Labute approximate surface area is 247 Å². The molecule has 9 nitrogen and oxygen atoms in total. The highest BCUT2D eigenvalue weighted by molar-refractivity contribution is 7.07. The predicted molar refractivity (Wildman–Crippen MR) is 160 cm³/mol. The number of nitro groups is 1. The molecule has 0 fully saturated rings. The average Bonchev–Trinajstić information content (AvgIpc) is 3.56. The van der Waals surface area contributed by atoms with Crippen molar-refractivity contribution >= 4 is 51.4 Å². The maximum Gasteiger partial charge on any atom is 0.338 e. The molecule has 1 atom stereocenters. The minimum absolute atomic E-state index is 0.175. The van der Waals surface area contributed by atoms with Gasteiger partial charge in [0.15, 0.2) is 4.80 Å². The highest BCUT2D eigenvalue weighted by Crippen LogP contribution is 2.35. The van der Waals surface area contributed by atoms with Crippen molar-refractivity contribution in [1.29, 1.82) is 0 Å². The van der Waals surface area contributed by atoms with Crippen LogP contribution in [-0.2, 0) is 9.53 Å². The van der Waals surface area contributed by atoms with E-state index in [-0.39, 0.29) is 34.2 Å². The lowest BCUT2D eigenvalue weighted by atomic mass is 9.91. The zero-order valence-corrected chi connectivity index (χ0v) is 23.9. The number of nitro benzene ring substituents is 1. The number of thiazole rings is 1. The molecule has 0 amide bonds. The molecule has 0 bridgehead atoms. The normalized spacial score (nSPS) is 15.0. The summed E-state index contributed by atoms with van der Waals surface area (Å²) in [7, 11) is 0. The summed E-state index contributed by atoms with van der Waals surface area (Å²) < 4.78 is 13.2. The van der Waals surface area contributed by atoms with E-state index in [1.807, 2.05) is 42.5 Å². The van der Waals surface area contributed by atoms with Crippen LogP contribution >= 0.6 is 22.9 Å². The molecule has 5 aromatic rings. The zero-order valence-electron chi connectivity index (χ0n) is 22.4. The molecule has 3 heterocycles. The van der Waals surface area contributed by atoms with Gasteiger partial charge in [-0.3, -0.25) is 19.5 Å². The van der Waals surface area contributed by atoms with Gasteiger partial charge in [0, 0.05) is 17.2 Å². The van der Waals surface area contributed by atoms with E-state index in [1.54, 1.807) is 38.1 Å². The van der Waals surface area contributed by atoms with Crippen molar-refractivity contribution in [2.75, 3.05) is 6.61 Å². The smallest absolute Gasteiger partial charge is 0.338 e. The van der Waals surface area contributed by atoms with Gasteiger partial charge in [-0.15, -0.1) is 0 Å². The van der Waals surface area contributed by atoms with Crippen LogP contribution in [0.2, 0.25) is 5.02 Å². The lowest BCUT2D eigenvalue weighted by Crippen LogP contribution is -2.40. The Kier molecular flexibility index (Phi) is 7.09. The van der Waals surface area contributed by atoms with E-state index in [2.05, 4.69) is 4.99 Å². The fourth-order valence-electron chi connectivity index (χ4n) is 5.14. The third-order valence-corrected chi connectivity index (χ3v) is 8.18. The van der Waals surface area contributed by atoms with Gasteiger partial charge in [0.1, 0.15) is 11.5 Å². The van der Waals surface area contributed by atoms with Crippen LogP contribution in [0, 0.1) is 10.1 Å². The lowest BCUT2D eigenvalue weighted by molar-refractivity contribution is -0.384. The molecule has 210 valence electrons. The first-order valence-electron chi connectivity index (χ1n) is 13.0. The van der Waals surface area contributed by atoms with Crippen LogP contribution < -0.4 is 14.9 Å². The third-order valence-electron chi connectivity index (χ3n) is 6.96. The Morgan fingerprint density at radius 2 is 1.95 bits per heavy atom. The first-order valence-corrected chi connectivity index (χ1v) is 14.2. The number of esters is 1. The standard InChI is InChI=1S/C31H22ClN3O6S/c1-3-40-30(37)27-17(2)33-31-34(28(27)22-10-6-8-18-7-4-5-9-21(18)22)29(36)26(42-31)16-20-12-14-25(41-20)23-13-11-19(32)15-24(23)35(38)39/h4-16,28H,3H2,1-2H3/b26-16-/t28-/m1/s1. The minimum atomic E-state index is -0.766. The van der Waals surface area contributed by atoms with Gasteiger partial charge in [0.2, 0.25) is 0 Å². The molecule has 0 saturated carbocycles. The summed E-state index contributed by atoms with van der Waals surface area (Å²) in [6.07, 6.45) is 1.57. The number of allylic oxidation sites excluding steroid dienone is 1. The van der Waals surface area contributed by atoms with Crippen molar-refractivity contribution in [2.24, 2.45) is 4.99 Å². The Morgan fingerprint density at radius 1 is 1.17 bits per heavy atom. The Hall–Kier alpha value is -4.80. The van der Waals surface area contributed by atoms with Gasteiger partial charge in [-0.05, 0) is 54.4 Å². The van der Waals surface area contributed by atoms with Gasteiger partial charge in [-0.1, -0.05) is 65.4 Å². The fraction of sp³-hybridized carbons (Fsp3) is 0.129. The number of fused-ring (bicyclic) bond motifs is 2. The summed E-state index contributed by atoms with van der Waals surface area (Å²) in [6, 6.07) is 20.3. The van der Waals surface area contributed by atoms with Crippen LogP contribution in [0.3, 0.4) is 0 Å². The lowest BCUT2D eigenvalue weighted by Gasteiger charge is -2.25. The Morgan fingerprint density at radius 3 is 2.74 bits per heavy atom. The molecule has 1 aliphatic heterocycles. The van der Waals surface area contributed by atoms with Crippen molar-refractivity contribution in [3.63, 3.8) is 0 Å². The Bertz CT molecular complexity index is 2120. The molecule has 2 aromatic heterocycles. The molecule has 6 rings (SSSR count). The van der Waals surface area contributed by atoms with E-state index in [1.165, 1.54) is 16.7 Å². The highest BCUT2D eigenvalue weighted by atomic mass is 35.5. The van der Waals surface area contributed by atoms with E-state index in [0.717, 1.165) is 27.7 Å². The molecule has 11 heteroatoms. The minimum Gasteiger partial charge on any atom is -0.463 e. The number of carbonyl (C=O) groups excluding carboxylic acids is 1. The predicted octanol–water partition coefficient (Wildman–Crippen LogP) is 5.77. The highest BCUT2D eigenvalue weighted by Gasteiger charge is 2.34. The van der Waals surface area contributed by atoms with E-state index >= 15 is 0 Å². The molecule has 0 saturated heterocycles. The quantitative estimate of drug-likeness (QED) is 0.139. The number of halogens is 1. The Balaban J connectivity index is 1.52. The molecule has 0 N–H and O–H groups in total. The van der Waals surface area contributed by atoms with Crippen molar-refractivity contribution in [3.05, 3.63) is 130 Å². The van der Waals surface area contributed by atoms with Crippen LogP contribution in [0.25, 0.3) is 28.2 Å². The van der Waals surface area contributed by atoms with Gasteiger partial charge < -0.3 is 9.15 Å². The summed E-state index contributed by atoms with van der Waals surface area (Å²) in [4.78, 5) is 43.3. The van der Waals surface area contributed by atoms with E-state index < -0.39 is 16.9 Å². The van der Waals surface area contributed by atoms with Crippen LogP contribution in [0.1, 0.15) is 31.2 Å². The molecule has 0 spiro atoms. The van der Waals surface area contributed by atoms with Crippen molar-refractivity contribution in [2.45, 2.75) is 19.9 Å². The zero-order chi connectivity index (χ0) is 29.5. The number of aromatic nitrogens is 1. The number of ether oxygens (including phenoxy) is 1. The topological polar surface area (TPSA) is 117 Å². The van der Waals surface area contributed by atoms with Gasteiger partial charge in [-0.2, -0.15) is 0 Å². The second-order valence-electron chi connectivity index (χ2n) is 9.49. The summed E-state index contributed by atoms with van der Waals surface area (Å²) >= 11 is 7.12. The number of nitrogens with zero attached hydrogens (tertiary/aromatic N) is 3. The monoisotopic (exact) mass is 599 g/mol. The first kappa shape index (κ1) is 27.4. The number of carbonyl (C=O) groups is 1. The molecule has 0 unspecified atom stereocenters. The fourth-order valence-corrected chi connectivity index (χ4v) is 6.34. The van der Waals surface area contributed by atoms with E-state index in [4.69, 9.17) is 20.8 Å². The largest absolute Gasteiger partial charge is 0.463 e. The summed E-state index contributed by atoms with van der Waals surface area (Å²) in [5.74, 6) is 0.0419. The maximum absolute atomic E-state index is 14.0. The van der Waals surface area contributed by atoms with E-state index in [9.17, 15) is 19.7 Å². The SMILES string of the molecule is CCOC(=O)C1=C(C)N=c2s/c(=C\c3ccc(-c4ccc(Cl)cc4[N+](=O)[O-])o3)c(=O)n2[C@@H]1c1cccc2ccccc12. The summed E-state index contributed by atoms with van der Waals surface area (Å²) in [5, 5.41) is 13.7. The number of rotatable bonds is 6. The second kappa shape index (κ2) is 10.9. The number of hydrogen-bond donors (Lipinski definition) is 0. The molecular formula is C31H22ClN3O6S. The number of furan rings is 1. The van der Waals surface area contributed by atoms with Crippen molar-refractivity contribution in [3.8, 4) is 11.3 Å². The van der Waals surface area contributed by atoms with Gasteiger partial charge >= 0.3 is 5.97 Å². The van der Waals surface area contributed by atoms with Gasteiger partial charge in [0.05, 0.1) is 38.9 Å². The first-order chi connectivity index (χ1) is 20.3. The number of benzene rings is 3. The van der Waals surface area contributed by atoms with Crippen LogP contribution in [0.5, 0.6) is 0 Å². The molecule has 0 aliphatic carbocycles.